The molecule has 4 N–H and O–H groups in total. The molecule has 12 nitrogen and oxygen atoms in total. The van der Waals surface area contributed by atoms with Crippen LogP contribution in [-0.4, -0.2) is 80.0 Å². The molecule has 278 valence electrons. The Bertz CT molecular complexity index is 1720. The Kier molecular flexibility index (Phi) is 12.6. The largest absolute Gasteiger partial charge is 0.497 e. The minimum atomic E-state index is -1.06. The Morgan fingerprint density at radius 2 is 1.56 bits per heavy atom. The van der Waals surface area contributed by atoms with E-state index in [1.54, 1.807) is 39.0 Å². The maximum atomic E-state index is 13.9. The Balaban J connectivity index is 1.26. The van der Waals surface area contributed by atoms with Gasteiger partial charge in [-0.2, -0.15) is 11.8 Å². The van der Waals surface area contributed by atoms with Crippen molar-refractivity contribution < 1.29 is 43.2 Å². The first-order valence-electron chi connectivity index (χ1n) is 17.3. The van der Waals surface area contributed by atoms with Gasteiger partial charge < -0.3 is 40.0 Å². The molecule has 0 aromatic heterocycles. The SMILES string of the molecule is COc1ccc(C2SC[C@H](NC(=O)[C@H](CCCCNC(=O)OC(C)(C)C)NC(=O)OCC3c4ccccc4-c4ccccc43)C2C(=O)O)c(OC)c1. The summed E-state index contributed by atoms with van der Waals surface area (Å²) in [5, 5.41) is 18.2. The predicted molar refractivity (Wildman–Crippen MR) is 198 cm³/mol. The van der Waals surface area contributed by atoms with Crippen molar-refractivity contribution in [3.05, 3.63) is 83.4 Å². The standard InChI is InChI=1S/C39H47N3O9S/c1-39(2,3)51-37(46)40-19-11-10-16-30(42-38(47)50-21-29-26-14-8-6-12-24(26)25-13-7-9-15-27(25)29)35(43)41-31-22-52-34(33(31)36(44)45)28-18-17-23(48-4)20-32(28)49-5/h6-9,12-15,17-18,20,29-31,33-34H,10-11,16,19,21-22H2,1-5H3,(H,40,46)(H,41,43)(H,42,47)(H,44,45)/t30-,31-,33?,34?/m0/s1. The number of fused-ring (bicyclic) bond motifs is 3. The molecular formula is C39H47N3O9S. The first kappa shape index (κ1) is 38.3. The lowest BCUT2D eigenvalue weighted by molar-refractivity contribution is -0.142. The van der Waals surface area contributed by atoms with Crippen molar-refractivity contribution in [2.45, 2.75) is 68.9 Å². The normalized spacial score (nSPS) is 18.4. The summed E-state index contributed by atoms with van der Waals surface area (Å²) in [5.41, 5.74) is 4.36. The molecule has 0 saturated carbocycles. The summed E-state index contributed by atoms with van der Waals surface area (Å²) < 4.78 is 21.9. The van der Waals surface area contributed by atoms with Gasteiger partial charge in [-0.3, -0.25) is 9.59 Å². The summed E-state index contributed by atoms with van der Waals surface area (Å²) >= 11 is 1.41. The molecule has 1 saturated heterocycles. The number of alkyl carbamates (subject to hydrolysis) is 2. The van der Waals surface area contributed by atoms with Crippen LogP contribution < -0.4 is 25.4 Å². The number of ether oxygens (including phenoxy) is 4. The number of methoxy groups -OCH3 is 2. The van der Waals surface area contributed by atoms with Gasteiger partial charge in [-0.15, -0.1) is 0 Å². The van der Waals surface area contributed by atoms with Gasteiger partial charge in [0.25, 0.3) is 0 Å². The zero-order chi connectivity index (χ0) is 37.4. The second-order valence-corrected chi connectivity index (χ2v) is 15.0. The van der Waals surface area contributed by atoms with Crippen molar-refractivity contribution in [2.24, 2.45) is 5.92 Å². The molecule has 3 aromatic carbocycles. The lowest BCUT2D eigenvalue weighted by Gasteiger charge is -2.25. The van der Waals surface area contributed by atoms with Crippen LogP contribution in [0.3, 0.4) is 0 Å². The van der Waals surface area contributed by atoms with Gasteiger partial charge in [0.2, 0.25) is 5.91 Å². The Labute approximate surface area is 308 Å². The smallest absolute Gasteiger partial charge is 0.407 e. The third-order valence-electron chi connectivity index (χ3n) is 9.12. The van der Waals surface area contributed by atoms with Gasteiger partial charge in [0, 0.05) is 35.1 Å². The van der Waals surface area contributed by atoms with Gasteiger partial charge >= 0.3 is 18.2 Å². The van der Waals surface area contributed by atoms with Crippen molar-refractivity contribution in [3.63, 3.8) is 0 Å². The zero-order valence-electron chi connectivity index (χ0n) is 30.1. The number of carboxylic acids is 1. The summed E-state index contributed by atoms with van der Waals surface area (Å²) in [6.07, 6.45) is -0.110. The van der Waals surface area contributed by atoms with Gasteiger partial charge in [0.05, 0.1) is 26.2 Å². The van der Waals surface area contributed by atoms with Crippen LogP contribution in [0.25, 0.3) is 11.1 Å². The number of hydrogen-bond donors (Lipinski definition) is 4. The number of nitrogens with one attached hydrogen (secondary N) is 3. The van der Waals surface area contributed by atoms with Crippen LogP contribution in [0.1, 0.15) is 67.9 Å². The minimum Gasteiger partial charge on any atom is -0.497 e. The zero-order valence-corrected chi connectivity index (χ0v) is 30.9. The van der Waals surface area contributed by atoms with Gasteiger partial charge in [-0.05, 0) is 68.4 Å². The Morgan fingerprint density at radius 3 is 2.17 bits per heavy atom. The molecule has 5 rings (SSSR count). The number of benzene rings is 3. The molecule has 13 heteroatoms. The number of hydrogen-bond acceptors (Lipinski definition) is 9. The highest BCUT2D eigenvalue weighted by molar-refractivity contribution is 7.99. The first-order valence-corrected chi connectivity index (χ1v) is 18.4. The third kappa shape index (κ3) is 9.30. The van der Waals surface area contributed by atoms with Gasteiger partial charge in [0.1, 0.15) is 29.7 Å². The van der Waals surface area contributed by atoms with Crippen LogP contribution >= 0.6 is 11.8 Å². The average Bonchev–Trinajstić information content (AvgIpc) is 3.68. The highest BCUT2D eigenvalue weighted by Crippen LogP contribution is 2.49. The van der Waals surface area contributed by atoms with E-state index in [1.807, 2.05) is 48.5 Å². The highest BCUT2D eigenvalue weighted by Gasteiger charge is 2.45. The summed E-state index contributed by atoms with van der Waals surface area (Å²) in [5.74, 6) is -1.32. The van der Waals surface area contributed by atoms with Crippen LogP contribution in [0.5, 0.6) is 11.5 Å². The van der Waals surface area contributed by atoms with Crippen LogP contribution in [0.15, 0.2) is 66.7 Å². The van der Waals surface area contributed by atoms with Crippen LogP contribution in [0, 0.1) is 5.92 Å². The third-order valence-corrected chi connectivity index (χ3v) is 10.6. The van der Waals surface area contributed by atoms with E-state index in [4.69, 9.17) is 18.9 Å². The molecule has 3 amide bonds. The first-order chi connectivity index (χ1) is 24.9. The monoisotopic (exact) mass is 733 g/mol. The molecule has 0 spiro atoms. The van der Waals surface area contributed by atoms with Crippen molar-refractivity contribution in [1.82, 2.24) is 16.0 Å². The minimum absolute atomic E-state index is 0.0692. The summed E-state index contributed by atoms with van der Waals surface area (Å²) in [6.45, 7) is 5.70. The van der Waals surface area contributed by atoms with E-state index in [2.05, 4.69) is 16.0 Å². The molecule has 1 heterocycles. The number of amides is 3. The van der Waals surface area contributed by atoms with E-state index < -0.39 is 52.9 Å². The fourth-order valence-electron chi connectivity index (χ4n) is 6.71. The fourth-order valence-corrected chi connectivity index (χ4v) is 8.30. The number of thioether (sulfide) groups is 1. The van der Waals surface area contributed by atoms with Crippen molar-refractivity contribution in [3.8, 4) is 22.6 Å². The fraction of sp³-hybridized carbons (Fsp3) is 0.436. The molecule has 1 aliphatic heterocycles. The molecule has 52 heavy (non-hydrogen) atoms. The van der Waals surface area contributed by atoms with Crippen molar-refractivity contribution in [1.29, 1.82) is 0 Å². The van der Waals surface area contributed by atoms with E-state index >= 15 is 0 Å². The average molecular weight is 734 g/mol. The lowest BCUT2D eigenvalue weighted by atomic mass is 9.92. The number of carbonyl (C=O) groups excluding carboxylic acids is 3. The summed E-state index contributed by atoms with van der Waals surface area (Å²) in [7, 11) is 3.05. The van der Waals surface area contributed by atoms with Crippen molar-refractivity contribution in [2.75, 3.05) is 33.1 Å². The topological polar surface area (TPSA) is 162 Å². The number of aliphatic carboxylic acids is 1. The number of carboxylic acid groups (broad SMARTS) is 1. The van der Waals surface area contributed by atoms with E-state index in [0.717, 1.165) is 22.3 Å². The Hall–Kier alpha value is -4.91. The van der Waals surface area contributed by atoms with Crippen molar-refractivity contribution >= 4 is 35.8 Å². The molecule has 1 fully saturated rings. The Morgan fingerprint density at radius 1 is 0.885 bits per heavy atom. The van der Waals surface area contributed by atoms with Crippen LogP contribution in [-0.2, 0) is 19.1 Å². The molecule has 2 unspecified atom stereocenters. The number of rotatable bonds is 14. The molecule has 0 bridgehead atoms. The van der Waals surface area contributed by atoms with Gasteiger partial charge in [-0.1, -0.05) is 54.6 Å². The molecule has 0 radical (unpaired) electrons. The molecule has 3 aromatic rings. The van der Waals surface area contributed by atoms with Crippen LogP contribution in [0.4, 0.5) is 9.59 Å². The molecular weight excluding hydrogens is 687 g/mol. The lowest BCUT2D eigenvalue weighted by Crippen LogP contribution is -2.52. The van der Waals surface area contributed by atoms with E-state index in [9.17, 15) is 24.3 Å². The van der Waals surface area contributed by atoms with Gasteiger partial charge in [0.15, 0.2) is 0 Å². The molecule has 1 aliphatic carbocycles. The highest BCUT2D eigenvalue weighted by atomic mass is 32.2. The molecule has 4 atom stereocenters. The maximum Gasteiger partial charge on any atom is 0.407 e. The van der Waals surface area contributed by atoms with E-state index in [-0.39, 0.29) is 18.9 Å². The van der Waals surface area contributed by atoms with Gasteiger partial charge in [-0.25, -0.2) is 9.59 Å². The molecule has 2 aliphatic rings. The summed E-state index contributed by atoms with van der Waals surface area (Å²) in [6, 6.07) is 19.5. The number of unbranched alkanes of at least 4 members (excludes halogenated alkanes) is 1. The van der Waals surface area contributed by atoms with E-state index in [0.29, 0.717) is 42.2 Å². The maximum absolute atomic E-state index is 13.9. The quantitative estimate of drug-likeness (QED) is 0.139. The van der Waals surface area contributed by atoms with E-state index in [1.165, 1.54) is 26.0 Å². The summed E-state index contributed by atoms with van der Waals surface area (Å²) in [4.78, 5) is 51.9. The predicted octanol–water partition coefficient (Wildman–Crippen LogP) is 6.28. The second kappa shape index (κ2) is 17.1. The number of carbonyl (C=O) groups is 4. The second-order valence-electron chi connectivity index (χ2n) is 13.8. The van der Waals surface area contributed by atoms with Crippen LogP contribution in [0.2, 0.25) is 0 Å².